The Morgan fingerprint density at radius 2 is 1.74 bits per heavy atom. The fourth-order valence-electron chi connectivity index (χ4n) is 3.74. The maximum Gasteiger partial charge on any atom is 0.411 e. The molecule has 1 saturated heterocycles. The molecule has 0 aromatic heterocycles. The van der Waals surface area contributed by atoms with Gasteiger partial charge in [-0.3, -0.25) is 5.32 Å². The van der Waals surface area contributed by atoms with Crippen LogP contribution in [0.25, 0.3) is 0 Å². The quantitative estimate of drug-likeness (QED) is 0.272. The van der Waals surface area contributed by atoms with E-state index < -0.39 is 12.4 Å². The largest absolute Gasteiger partial charge is 0.445 e. The van der Waals surface area contributed by atoms with Crippen molar-refractivity contribution in [1.29, 1.82) is 0 Å². The molecule has 182 valence electrons. The third kappa shape index (κ3) is 7.19. The lowest BCUT2D eigenvalue weighted by molar-refractivity contribution is -0.245. The minimum Gasteiger partial charge on any atom is -0.445 e. The zero-order valence-electron chi connectivity index (χ0n) is 19.3. The van der Waals surface area contributed by atoms with Crippen LogP contribution < -0.4 is 5.32 Å². The Morgan fingerprint density at radius 3 is 2.43 bits per heavy atom. The summed E-state index contributed by atoms with van der Waals surface area (Å²) in [5.74, 6) is 0.796. The Balaban J connectivity index is 1.47. The van der Waals surface area contributed by atoms with Gasteiger partial charge in [0.15, 0.2) is 6.29 Å². The van der Waals surface area contributed by atoms with Crippen LogP contribution in [0.4, 0.5) is 10.5 Å². The van der Waals surface area contributed by atoms with Crippen LogP contribution >= 0.6 is 11.8 Å². The van der Waals surface area contributed by atoms with Crippen LogP contribution in [0.2, 0.25) is 0 Å². The Morgan fingerprint density at radius 1 is 1.03 bits per heavy atom. The highest BCUT2D eigenvalue weighted by Gasteiger charge is 2.32. The van der Waals surface area contributed by atoms with E-state index in [9.17, 15) is 9.90 Å². The summed E-state index contributed by atoms with van der Waals surface area (Å²) in [4.78, 5) is 13.0. The molecular formula is C28H29NO5S. The van der Waals surface area contributed by atoms with Crippen LogP contribution in [-0.4, -0.2) is 29.7 Å². The molecule has 0 aliphatic carbocycles. The molecule has 0 radical (unpaired) electrons. The van der Waals surface area contributed by atoms with Gasteiger partial charge in [0.05, 0.1) is 18.8 Å². The van der Waals surface area contributed by atoms with Gasteiger partial charge in [-0.25, -0.2) is 4.79 Å². The average molecular weight is 492 g/mol. The van der Waals surface area contributed by atoms with Gasteiger partial charge in [-0.1, -0.05) is 67.3 Å². The van der Waals surface area contributed by atoms with Crippen molar-refractivity contribution in [3.63, 3.8) is 0 Å². The molecule has 3 aromatic carbocycles. The number of carbonyl (C=O) groups is 1. The van der Waals surface area contributed by atoms with Crippen LogP contribution in [0.15, 0.2) is 96.4 Å². The molecule has 3 atom stereocenters. The molecule has 3 aromatic rings. The summed E-state index contributed by atoms with van der Waals surface area (Å²) < 4.78 is 17.7. The number of nitrogens with one attached hydrogen (secondary N) is 1. The van der Waals surface area contributed by atoms with Crippen LogP contribution in [0.3, 0.4) is 0 Å². The summed E-state index contributed by atoms with van der Waals surface area (Å²) >= 11 is 1.76. The van der Waals surface area contributed by atoms with Crippen molar-refractivity contribution >= 4 is 23.5 Å². The summed E-state index contributed by atoms with van der Waals surface area (Å²) in [5, 5.41) is 12.1. The molecule has 2 N–H and O–H groups in total. The predicted octanol–water partition coefficient (Wildman–Crippen LogP) is 6.25. The molecule has 1 amide bonds. The number of thioether (sulfide) groups is 1. The number of anilines is 1. The molecule has 1 fully saturated rings. The Labute approximate surface area is 209 Å². The lowest BCUT2D eigenvalue weighted by Crippen LogP contribution is -2.31. The fraction of sp³-hybridized carbons (Fsp3) is 0.250. The Hall–Kier alpha value is -3.10. The molecule has 35 heavy (non-hydrogen) atoms. The Kier molecular flexibility index (Phi) is 8.97. The van der Waals surface area contributed by atoms with Gasteiger partial charge >= 0.3 is 6.09 Å². The normalized spacial score (nSPS) is 19.6. The number of benzene rings is 3. The third-order valence-corrected chi connectivity index (χ3v) is 6.70. The molecule has 0 bridgehead atoms. The number of ether oxygens (including phenoxy) is 3. The number of hydrogen-bond donors (Lipinski definition) is 2. The van der Waals surface area contributed by atoms with E-state index in [1.165, 1.54) is 11.0 Å². The predicted molar refractivity (Wildman–Crippen MR) is 137 cm³/mol. The van der Waals surface area contributed by atoms with Crippen molar-refractivity contribution in [2.75, 3.05) is 17.7 Å². The molecule has 1 aliphatic rings. The minimum absolute atomic E-state index is 0.00932. The van der Waals surface area contributed by atoms with Crippen LogP contribution in [0.5, 0.6) is 0 Å². The molecule has 1 aliphatic heterocycles. The van der Waals surface area contributed by atoms with Gasteiger partial charge < -0.3 is 19.3 Å². The lowest BCUT2D eigenvalue weighted by atomic mass is 10.0. The van der Waals surface area contributed by atoms with Crippen molar-refractivity contribution in [1.82, 2.24) is 0 Å². The first-order chi connectivity index (χ1) is 17.1. The number of carbonyl (C=O) groups excluding carboxylic acids is 1. The maximum atomic E-state index is 11.8. The lowest BCUT2D eigenvalue weighted by Gasteiger charge is -2.36. The molecule has 3 unspecified atom stereocenters. The highest BCUT2D eigenvalue weighted by Crippen LogP contribution is 2.39. The van der Waals surface area contributed by atoms with Crippen molar-refractivity contribution < 1.29 is 24.1 Å². The van der Waals surface area contributed by atoms with Gasteiger partial charge in [-0.15, -0.1) is 11.8 Å². The van der Waals surface area contributed by atoms with E-state index in [-0.39, 0.29) is 25.4 Å². The maximum absolute atomic E-state index is 11.8. The topological polar surface area (TPSA) is 77.0 Å². The van der Waals surface area contributed by atoms with E-state index in [0.29, 0.717) is 5.69 Å². The van der Waals surface area contributed by atoms with Crippen molar-refractivity contribution in [3.8, 4) is 0 Å². The first kappa shape index (κ1) is 25.0. The number of aliphatic hydroxyl groups excluding tert-OH is 1. The third-order valence-electron chi connectivity index (χ3n) is 5.56. The van der Waals surface area contributed by atoms with E-state index in [4.69, 9.17) is 14.2 Å². The van der Waals surface area contributed by atoms with Gasteiger partial charge in [0.1, 0.15) is 6.61 Å². The second-order valence-corrected chi connectivity index (χ2v) is 9.20. The van der Waals surface area contributed by atoms with E-state index in [0.717, 1.165) is 28.9 Å². The molecule has 7 heteroatoms. The summed E-state index contributed by atoms with van der Waals surface area (Å²) in [6.45, 7) is 3.69. The Bertz CT molecular complexity index is 1090. The van der Waals surface area contributed by atoms with E-state index in [1.54, 1.807) is 23.9 Å². The molecular weight excluding hydrogens is 462 g/mol. The molecule has 4 rings (SSSR count). The van der Waals surface area contributed by atoms with Gasteiger partial charge in [0.2, 0.25) is 0 Å². The molecule has 0 saturated carbocycles. The smallest absolute Gasteiger partial charge is 0.411 e. The zero-order valence-corrected chi connectivity index (χ0v) is 20.2. The highest BCUT2D eigenvalue weighted by atomic mass is 32.2. The van der Waals surface area contributed by atoms with E-state index >= 15 is 0 Å². The first-order valence-corrected chi connectivity index (χ1v) is 12.5. The van der Waals surface area contributed by atoms with Crippen LogP contribution in [0, 0.1) is 0 Å². The summed E-state index contributed by atoms with van der Waals surface area (Å²) in [7, 11) is 0. The zero-order chi connectivity index (χ0) is 24.5. The van der Waals surface area contributed by atoms with Gasteiger partial charge in [-0.2, -0.15) is 0 Å². The van der Waals surface area contributed by atoms with Gasteiger partial charge in [0.25, 0.3) is 0 Å². The van der Waals surface area contributed by atoms with E-state index in [1.807, 2.05) is 54.6 Å². The number of rotatable bonds is 9. The average Bonchev–Trinajstić information content (AvgIpc) is 2.91. The van der Waals surface area contributed by atoms with E-state index in [2.05, 4.69) is 24.0 Å². The van der Waals surface area contributed by atoms with Crippen molar-refractivity contribution in [2.45, 2.75) is 36.4 Å². The summed E-state index contributed by atoms with van der Waals surface area (Å²) in [6, 6.07) is 25.5. The second-order valence-electron chi connectivity index (χ2n) is 8.11. The summed E-state index contributed by atoms with van der Waals surface area (Å²) in [6.07, 6.45) is 0.994. The number of aliphatic hydroxyl groups is 1. The van der Waals surface area contributed by atoms with Crippen molar-refractivity contribution in [3.05, 3.63) is 108 Å². The molecule has 6 nitrogen and oxygen atoms in total. The monoisotopic (exact) mass is 491 g/mol. The standard InChI is InChI=1S/C28H29NO5S/c1-2-16-32-28(31)29-23-14-12-22(13-15-23)27-33-24(19-35-25-6-4-3-5-7-25)17-26(34-27)21-10-8-20(18-30)9-11-21/h2-15,24,26-27,30H,1,16-19H2,(H,29,31). The SMILES string of the molecule is C=CCOC(=O)Nc1ccc(C2OC(CSc3ccccc3)CC(c3ccc(CO)cc3)O2)cc1. The number of amides is 1. The molecule has 0 spiro atoms. The van der Waals surface area contributed by atoms with Gasteiger partial charge in [0, 0.05) is 28.3 Å². The minimum atomic E-state index is -0.547. The molecule has 1 heterocycles. The fourth-order valence-corrected chi connectivity index (χ4v) is 4.68. The highest BCUT2D eigenvalue weighted by molar-refractivity contribution is 7.99. The van der Waals surface area contributed by atoms with Crippen LogP contribution in [0.1, 0.15) is 35.5 Å². The van der Waals surface area contributed by atoms with Gasteiger partial charge in [-0.05, 0) is 35.4 Å². The van der Waals surface area contributed by atoms with Crippen LogP contribution in [-0.2, 0) is 20.8 Å². The van der Waals surface area contributed by atoms with Crippen molar-refractivity contribution in [2.24, 2.45) is 0 Å². The second kappa shape index (κ2) is 12.6. The first-order valence-electron chi connectivity index (χ1n) is 11.5. The summed E-state index contributed by atoms with van der Waals surface area (Å²) in [5.41, 5.74) is 3.39. The number of hydrogen-bond acceptors (Lipinski definition) is 6.